The molecule has 10 nitrogen and oxygen atoms in total. The van der Waals surface area contributed by atoms with E-state index in [1.54, 1.807) is 0 Å². The number of nitrogen functional groups attached to an aromatic ring is 2. The van der Waals surface area contributed by atoms with Gasteiger partial charge in [0.15, 0.2) is 0 Å². The van der Waals surface area contributed by atoms with Crippen LogP contribution in [0.1, 0.15) is 113 Å². The number of hydrogen-bond acceptors (Lipinski definition) is 6. The largest absolute Gasteiger partial charge is 0.382 e. The monoisotopic (exact) mass is 783 g/mol. The topological polar surface area (TPSA) is 121 Å². The minimum atomic E-state index is 0.589. The number of nitrogens with zero attached hydrogens (tertiary/aromatic N) is 8. The number of rotatable bonds is 0. The van der Waals surface area contributed by atoms with Crippen LogP contribution in [-0.2, 0) is 0 Å². The smallest absolute Gasteiger partial charge is 0.205 e. The predicted molar refractivity (Wildman–Crippen MR) is 244 cm³/mol. The molecule has 0 aromatic carbocycles. The van der Waals surface area contributed by atoms with E-state index in [2.05, 4.69) is 151 Å². The van der Waals surface area contributed by atoms with Gasteiger partial charge >= 0.3 is 0 Å². The van der Waals surface area contributed by atoms with E-state index >= 15 is 0 Å². The molecule has 0 aliphatic heterocycles. The van der Waals surface area contributed by atoms with Crippen molar-refractivity contribution < 1.29 is 0 Å². The fraction of sp³-hybridized carbons (Fsp3) is 0.417. The molecule has 0 aliphatic rings. The Hall–Kier alpha value is -5.64. The summed E-state index contributed by atoms with van der Waals surface area (Å²) in [5.74, 6) is 3.26. The molecule has 0 radical (unpaired) electrons. The van der Waals surface area contributed by atoms with Crippen molar-refractivity contribution in [3.05, 3.63) is 125 Å². The first-order chi connectivity index (χ1) is 27.0. The maximum Gasteiger partial charge on any atom is 0.205 e. The summed E-state index contributed by atoms with van der Waals surface area (Å²) in [7, 11) is 0. The van der Waals surface area contributed by atoms with Crippen LogP contribution in [-0.4, -0.2) is 37.5 Å². The van der Waals surface area contributed by atoms with E-state index in [0.29, 0.717) is 11.8 Å². The molecule has 8 heterocycles. The number of imidazole rings is 4. The molecule has 58 heavy (non-hydrogen) atoms. The Morgan fingerprint density at radius 3 is 1.38 bits per heavy atom. The van der Waals surface area contributed by atoms with Gasteiger partial charge < -0.3 is 20.3 Å². The molecular weight excluding hydrogens is 717 g/mol. The van der Waals surface area contributed by atoms with Gasteiger partial charge in [-0.1, -0.05) is 0 Å². The van der Waals surface area contributed by atoms with E-state index in [1.807, 2.05) is 37.7 Å². The zero-order valence-corrected chi connectivity index (χ0v) is 38.9. The number of aromatic nitrogens is 8. The summed E-state index contributed by atoms with van der Waals surface area (Å²) < 4.78 is 8.62. The van der Waals surface area contributed by atoms with Gasteiger partial charge in [0.25, 0.3) is 0 Å². The maximum absolute atomic E-state index is 5.93. The van der Waals surface area contributed by atoms with E-state index in [0.717, 1.165) is 34.1 Å². The number of fused-ring (bicyclic) bond motifs is 4. The lowest BCUT2D eigenvalue weighted by Crippen LogP contribution is -2.03. The average molecular weight is 783 g/mol. The Morgan fingerprint density at radius 1 is 0.379 bits per heavy atom. The standard InChI is InChI=1S/2C12H17N3.2C12H16N2/c1-6-7(2)10(5)15-11(8(6)3)9(4)14-12(15)13;1-6-7(2)9(4)15-10(5)14-12(13)11(15)8(6)3;1-7-8(2)11(5)14-6-13-10(4)12(14)9(7)3;1-7-8(2)10(4)14-11(5)13-6-12(14)9(7)3/h1-5H3,(H2,13,14);13H2,1-5H3;2*6H,1-5H3. The molecule has 4 N–H and O–H groups in total. The Labute approximate surface area is 345 Å². The van der Waals surface area contributed by atoms with Crippen LogP contribution in [0.2, 0.25) is 0 Å². The highest BCUT2D eigenvalue weighted by Gasteiger charge is 2.16. The molecule has 8 aromatic rings. The highest BCUT2D eigenvalue weighted by Crippen LogP contribution is 2.29. The number of aryl methyl sites for hydroxylation is 12. The van der Waals surface area contributed by atoms with Gasteiger partial charge in [0, 0.05) is 22.8 Å². The molecule has 10 heteroatoms. The van der Waals surface area contributed by atoms with Crippen LogP contribution in [0.15, 0.2) is 12.5 Å². The number of anilines is 2. The van der Waals surface area contributed by atoms with Crippen molar-refractivity contribution in [2.24, 2.45) is 0 Å². The zero-order valence-electron chi connectivity index (χ0n) is 38.9. The van der Waals surface area contributed by atoms with Crippen LogP contribution < -0.4 is 11.5 Å². The average Bonchev–Trinajstić information content (AvgIpc) is 3.93. The Kier molecular flexibility index (Phi) is 12.0. The van der Waals surface area contributed by atoms with Crippen LogP contribution in [0, 0.1) is 138 Å². The minimum Gasteiger partial charge on any atom is -0.382 e. The lowest BCUT2D eigenvalue weighted by atomic mass is 10.0. The van der Waals surface area contributed by atoms with Gasteiger partial charge in [-0.3, -0.25) is 8.80 Å². The lowest BCUT2D eigenvalue weighted by Gasteiger charge is -2.13. The first kappa shape index (κ1) is 43.5. The zero-order chi connectivity index (χ0) is 43.6. The normalized spacial score (nSPS) is 11.2. The first-order valence-electron chi connectivity index (χ1n) is 20.2. The molecule has 0 aliphatic carbocycles. The van der Waals surface area contributed by atoms with Gasteiger partial charge in [0.1, 0.15) is 17.5 Å². The third-order valence-corrected chi connectivity index (χ3v) is 13.5. The van der Waals surface area contributed by atoms with E-state index in [-0.39, 0.29) is 0 Å². The molecule has 0 spiro atoms. The lowest BCUT2D eigenvalue weighted by molar-refractivity contribution is 0.965. The third-order valence-electron chi connectivity index (χ3n) is 13.5. The van der Waals surface area contributed by atoms with Gasteiger partial charge in [-0.25, -0.2) is 19.9 Å². The van der Waals surface area contributed by atoms with Crippen LogP contribution >= 0.6 is 0 Å². The van der Waals surface area contributed by atoms with Gasteiger partial charge in [0.05, 0.1) is 46.0 Å². The molecule has 308 valence electrons. The summed E-state index contributed by atoms with van der Waals surface area (Å²) in [4.78, 5) is 17.4. The van der Waals surface area contributed by atoms with Gasteiger partial charge in [0.2, 0.25) is 5.95 Å². The number of pyridine rings is 4. The van der Waals surface area contributed by atoms with Crippen molar-refractivity contribution in [2.45, 2.75) is 138 Å². The molecule has 0 atom stereocenters. The highest BCUT2D eigenvalue weighted by atomic mass is 15.1. The quantitative estimate of drug-likeness (QED) is 0.158. The number of nitrogens with two attached hydrogens (primary N) is 2. The highest BCUT2D eigenvalue weighted by molar-refractivity contribution is 5.74. The summed E-state index contributed by atoms with van der Waals surface area (Å²) >= 11 is 0. The summed E-state index contributed by atoms with van der Waals surface area (Å²) in [5, 5.41) is 0. The summed E-state index contributed by atoms with van der Waals surface area (Å²) in [6.45, 7) is 42.5. The van der Waals surface area contributed by atoms with E-state index < -0.39 is 0 Å². The van der Waals surface area contributed by atoms with Gasteiger partial charge in [-0.2, -0.15) is 0 Å². The van der Waals surface area contributed by atoms with Crippen LogP contribution in [0.25, 0.3) is 22.1 Å². The van der Waals surface area contributed by atoms with Crippen LogP contribution in [0.3, 0.4) is 0 Å². The van der Waals surface area contributed by atoms with E-state index in [9.17, 15) is 0 Å². The molecule has 0 saturated heterocycles. The summed E-state index contributed by atoms with van der Waals surface area (Å²) in [6, 6.07) is 0. The SMILES string of the molecule is Cc1c(C)c(C)n2c(C)nc(N)c2c1C.Cc1c(C)c(C)n2c(C)ncc2c1C.Cc1c(C)c(C)n2c(N)nc(C)c2c1C.Cc1c(C)c(C)n2cnc(C)c2c1C. The molecule has 0 unspecified atom stereocenters. The first-order valence-corrected chi connectivity index (χ1v) is 20.2. The second-order valence-electron chi connectivity index (χ2n) is 16.4. The molecule has 0 fully saturated rings. The van der Waals surface area contributed by atoms with Gasteiger partial charge in [-0.05, 0) is 205 Å². The minimum absolute atomic E-state index is 0.589. The Morgan fingerprint density at radius 2 is 0.828 bits per heavy atom. The molecule has 8 rings (SSSR count). The Bertz CT molecular complexity index is 2610. The molecule has 0 amide bonds. The van der Waals surface area contributed by atoms with Crippen LogP contribution in [0.5, 0.6) is 0 Å². The van der Waals surface area contributed by atoms with Crippen molar-refractivity contribution in [3.63, 3.8) is 0 Å². The second-order valence-corrected chi connectivity index (χ2v) is 16.4. The van der Waals surface area contributed by atoms with Crippen molar-refractivity contribution >= 4 is 33.8 Å². The third kappa shape index (κ3) is 7.00. The van der Waals surface area contributed by atoms with Gasteiger partial charge in [-0.15, -0.1) is 0 Å². The number of hydrogen-bond donors (Lipinski definition) is 2. The predicted octanol–water partition coefficient (Wildman–Crippen LogP) is 10.7. The summed E-state index contributed by atoms with van der Waals surface area (Å²) in [6.07, 6.45) is 3.88. The fourth-order valence-electron chi connectivity index (χ4n) is 8.55. The second kappa shape index (κ2) is 16.0. The van der Waals surface area contributed by atoms with Crippen molar-refractivity contribution in [2.75, 3.05) is 11.5 Å². The van der Waals surface area contributed by atoms with Crippen molar-refractivity contribution in [3.8, 4) is 0 Å². The van der Waals surface area contributed by atoms with Crippen LogP contribution in [0.4, 0.5) is 11.8 Å². The fourth-order valence-corrected chi connectivity index (χ4v) is 8.55. The van der Waals surface area contributed by atoms with Crippen molar-refractivity contribution in [1.29, 1.82) is 0 Å². The molecule has 8 aromatic heterocycles. The Balaban J connectivity index is 0.000000147. The van der Waals surface area contributed by atoms with Crippen molar-refractivity contribution in [1.82, 2.24) is 37.5 Å². The molecular formula is C48H66N10. The molecule has 0 saturated carbocycles. The molecule has 0 bridgehead atoms. The summed E-state index contributed by atoms with van der Waals surface area (Å²) in [5.41, 5.74) is 39.7. The maximum atomic E-state index is 5.93. The van der Waals surface area contributed by atoms with E-state index in [4.69, 9.17) is 11.5 Å². The van der Waals surface area contributed by atoms with E-state index in [1.165, 1.54) is 101 Å².